The summed E-state index contributed by atoms with van der Waals surface area (Å²) in [7, 11) is 0. The number of hydrogen-bond donors (Lipinski definition) is 1. The smallest absolute Gasteiger partial charge is 0.255 e. The zero-order chi connectivity index (χ0) is 19.3. The lowest BCUT2D eigenvalue weighted by Gasteiger charge is -2.08. The Balaban J connectivity index is 1.43. The number of ether oxygens (including phenoxy) is 1. The number of carbonyl (C=O) groups is 1. The molecule has 1 N–H and O–H groups in total. The van der Waals surface area contributed by atoms with Crippen LogP contribution in [0, 0.1) is 0 Å². The number of unbranched alkanes of at least 4 members (excludes halogenated alkanes) is 1. The van der Waals surface area contributed by atoms with Crippen molar-refractivity contribution in [1.29, 1.82) is 0 Å². The number of anilines is 1. The van der Waals surface area contributed by atoms with Gasteiger partial charge in [0.2, 0.25) is 0 Å². The van der Waals surface area contributed by atoms with Crippen LogP contribution in [0.1, 0.15) is 30.1 Å². The van der Waals surface area contributed by atoms with Crippen LogP contribution in [0.5, 0.6) is 5.75 Å². The second-order valence-electron chi connectivity index (χ2n) is 6.71. The summed E-state index contributed by atoms with van der Waals surface area (Å²) in [5.41, 5.74) is 3.30. The summed E-state index contributed by atoms with van der Waals surface area (Å²) < 4.78 is 7.82. The maximum absolute atomic E-state index is 12.6. The number of carbonyl (C=O) groups excluding carboxylic acids is 1. The fraction of sp³-hybridized carbons (Fsp3) is 0.273. The predicted octanol–water partition coefficient (Wildman–Crippen LogP) is 5.09. The van der Waals surface area contributed by atoms with Crippen LogP contribution in [0.3, 0.4) is 0 Å². The Hall–Kier alpha value is -2.73. The average molecular weight is 394 g/mol. The van der Waals surface area contributed by atoms with Crippen LogP contribution in [-0.4, -0.2) is 27.8 Å². The highest BCUT2D eigenvalue weighted by Crippen LogP contribution is 2.30. The summed E-state index contributed by atoms with van der Waals surface area (Å²) in [6.07, 6.45) is 4.20. The zero-order valence-corrected chi connectivity index (χ0v) is 16.7. The van der Waals surface area contributed by atoms with Gasteiger partial charge < -0.3 is 14.6 Å². The number of rotatable bonds is 7. The van der Waals surface area contributed by atoms with Crippen molar-refractivity contribution in [3.63, 3.8) is 0 Å². The number of hydrogen-bond acceptors (Lipinski definition) is 4. The van der Waals surface area contributed by atoms with Crippen molar-refractivity contribution in [3.8, 4) is 17.0 Å². The minimum atomic E-state index is -0.139. The van der Waals surface area contributed by atoms with Crippen molar-refractivity contribution in [2.45, 2.75) is 31.5 Å². The van der Waals surface area contributed by atoms with E-state index >= 15 is 0 Å². The lowest BCUT2D eigenvalue weighted by atomic mass is 10.1. The molecule has 0 radical (unpaired) electrons. The third-order valence-electron chi connectivity index (χ3n) is 4.60. The van der Waals surface area contributed by atoms with Crippen molar-refractivity contribution >= 4 is 23.4 Å². The molecule has 4 rings (SSSR count). The predicted molar refractivity (Wildman–Crippen MR) is 113 cm³/mol. The molecule has 0 saturated heterocycles. The lowest BCUT2D eigenvalue weighted by molar-refractivity contribution is 0.102. The molecule has 0 atom stereocenters. The Morgan fingerprint density at radius 1 is 1.25 bits per heavy atom. The van der Waals surface area contributed by atoms with Gasteiger partial charge in [0.05, 0.1) is 12.3 Å². The van der Waals surface area contributed by atoms with Gasteiger partial charge in [-0.2, -0.15) is 0 Å². The summed E-state index contributed by atoms with van der Waals surface area (Å²) in [6.45, 7) is 3.83. The van der Waals surface area contributed by atoms with E-state index in [2.05, 4.69) is 28.0 Å². The molecular formula is C22H23N3O2S. The van der Waals surface area contributed by atoms with Crippen molar-refractivity contribution in [3.05, 3.63) is 60.3 Å². The topological polar surface area (TPSA) is 56.1 Å². The monoisotopic (exact) mass is 393 g/mol. The largest absolute Gasteiger partial charge is 0.494 e. The van der Waals surface area contributed by atoms with Gasteiger partial charge in [0, 0.05) is 35.3 Å². The van der Waals surface area contributed by atoms with Crippen molar-refractivity contribution in [2.75, 3.05) is 17.7 Å². The third kappa shape index (κ3) is 4.22. The van der Waals surface area contributed by atoms with Crippen molar-refractivity contribution < 1.29 is 9.53 Å². The number of imidazole rings is 1. The molecule has 5 nitrogen and oxygen atoms in total. The molecule has 2 heterocycles. The molecule has 0 unspecified atom stereocenters. The molecule has 1 aliphatic rings. The number of fused-ring (bicyclic) bond motifs is 1. The second-order valence-corrected chi connectivity index (χ2v) is 7.77. The van der Waals surface area contributed by atoms with Gasteiger partial charge in [-0.15, -0.1) is 0 Å². The van der Waals surface area contributed by atoms with Crippen LogP contribution in [0.25, 0.3) is 11.3 Å². The van der Waals surface area contributed by atoms with Gasteiger partial charge in [-0.3, -0.25) is 4.79 Å². The minimum Gasteiger partial charge on any atom is -0.494 e. The van der Waals surface area contributed by atoms with Crippen LogP contribution in [0.15, 0.2) is 59.9 Å². The first kappa shape index (κ1) is 18.6. The van der Waals surface area contributed by atoms with Crippen molar-refractivity contribution in [1.82, 2.24) is 9.55 Å². The van der Waals surface area contributed by atoms with Gasteiger partial charge in [-0.25, -0.2) is 4.98 Å². The van der Waals surface area contributed by atoms with Gasteiger partial charge in [0.25, 0.3) is 5.91 Å². The summed E-state index contributed by atoms with van der Waals surface area (Å²) in [5, 5.41) is 4.03. The van der Waals surface area contributed by atoms with Gasteiger partial charge in [0.15, 0.2) is 5.16 Å². The van der Waals surface area contributed by atoms with Crippen molar-refractivity contribution in [2.24, 2.45) is 0 Å². The van der Waals surface area contributed by atoms with Crippen LogP contribution in [-0.2, 0) is 6.54 Å². The molecule has 0 aliphatic carbocycles. The van der Waals surface area contributed by atoms with Crippen LogP contribution in [0.4, 0.5) is 5.69 Å². The van der Waals surface area contributed by atoms with E-state index in [9.17, 15) is 4.79 Å². The van der Waals surface area contributed by atoms with E-state index in [4.69, 9.17) is 4.74 Å². The fourth-order valence-corrected chi connectivity index (χ4v) is 3.99. The van der Waals surface area contributed by atoms with Crippen LogP contribution < -0.4 is 10.1 Å². The Morgan fingerprint density at radius 3 is 2.89 bits per heavy atom. The normalized spacial score (nSPS) is 12.6. The lowest BCUT2D eigenvalue weighted by Crippen LogP contribution is -2.11. The van der Waals surface area contributed by atoms with E-state index in [1.807, 2.05) is 36.4 Å². The zero-order valence-electron chi connectivity index (χ0n) is 15.9. The highest BCUT2D eigenvalue weighted by Gasteiger charge is 2.15. The molecule has 6 heteroatoms. The molecule has 28 heavy (non-hydrogen) atoms. The molecule has 0 fully saturated rings. The Labute approximate surface area is 169 Å². The van der Waals surface area contributed by atoms with E-state index in [-0.39, 0.29) is 5.91 Å². The number of aryl methyl sites for hydroxylation is 1. The average Bonchev–Trinajstić information content (AvgIpc) is 3.31. The molecule has 0 bridgehead atoms. The number of benzene rings is 2. The fourth-order valence-electron chi connectivity index (χ4n) is 3.05. The molecule has 2 aromatic carbocycles. The standard InChI is InChI=1S/C22H23N3O2S/c1-2-3-12-27-19-9-7-16(8-10-19)21(26)23-18-6-4-5-17(14-18)20-15-25-11-13-28-22(25)24-20/h4-10,14-15H,2-3,11-13H2,1H3,(H,23,26). The molecule has 0 spiro atoms. The van der Waals surface area contributed by atoms with Gasteiger partial charge in [0.1, 0.15) is 5.75 Å². The molecule has 3 aromatic rings. The molecule has 1 aromatic heterocycles. The second kappa shape index (κ2) is 8.52. The van der Waals surface area contributed by atoms with Crippen LogP contribution >= 0.6 is 11.8 Å². The maximum atomic E-state index is 12.6. The Morgan fingerprint density at radius 2 is 2.11 bits per heavy atom. The summed E-state index contributed by atoms with van der Waals surface area (Å²) in [6, 6.07) is 15.1. The number of aromatic nitrogens is 2. The van der Waals surface area contributed by atoms with Gasteiger partial charge in [-0.1, -0.05) is 37.2 Å². The van der Waals surface area contributed by atoms with Crippen LogP contribution in [0.2, 0.25) is 0 Å². The SMILES string of the molecule is CCCCOc1ccc(C(=O)Nc2cccc(-c3cn4c(n3)SCC4)c2)cc1. The first-order valence-electron chi connectivity index (χ1n) is 9.57. The number of nitrogens with one attached hydrogen (secondary N) is 1. The van der Waals surface area contributed by atoms with Gasteiger partial charge in [-0.05, 0) is 42.8 Å². The van der Waals surface area contributed by atoms with E-state index in [0.29, 0.717) is 12.2 Å². The maximum Gasteiger partial charge on any atom is 0.255 e. The Bertz CT molecular complexity index is 945. The quantitative estimate of drug-likeness (QED) is 0.568. The number of amides is 1. The first-order chi connectivity index (χ1) is 13.7. The first-order valence-corrected chi connectivity index (χ1v) is 10.6. The summed E-state index contributed by atoms with van der Waals surface area (Å²) in [5.74, 6) is 1.74. The molecular weight excluding hydrogens is 370 g/mol. The molecule has 144 valence electrons. The Kier molecular flexibility index (Phi) is 5.67. The van der Waals surface area contributed by atoms with E-state index in [1.54, 1.807) is 23.9 Å². The summed E-state index contributed by atoms with van der Waals surface area (Å²) >= 11 is 1.77. The van der Waals surface area contributed by atoms with E-state index in [0.717, 1.165) is 53.0 Å². The van der Waals surface area contributed by atoms with E-state index < -0.39 is 0 Å². The number of nitrogens with zero attached hydrogens (tertiary/aromatic N) is 2. The molecule has 1 amide bonds. The number of thioether (sulfide) groups is 1. The van der Waals surface area contributed by atoms with E-state index in [1.165, 1.54) is 0 Å². The summed E-state index contributed by atoms with van der Waals surface area (Å²) in [4.78, 5) is 17.3. The minimum absolute atomic E-state index is 0.139. The van der Waals surface area contributed by atoms with Gasteiger partial charge >= 0.3 is 0 Å². The molecule has 1 aliphatic heterocycles. The highest BCUT2D eigenvalue weighted by molar-refractivity contribution is 7.99. The molecule has 0 saturated carbocycles. The third-order valence-corrected chi connectivity index (χ3v) is 5.57. The highest BCUT2D eigenvalue weighted by atomic mass is 32.2.